The van der Waals surface area contributed by atoms with Gasteiger partial charge in [-0.15, -0.1) is 12.4 Å². The monoisotopic (exact) mass is 344 g/mol. The maximum atomic E-state index is 12.4. The highest BCUT2D eigenvalue weighted by molar-refractivity contribution is 5.85. The highest BCUT2D eigenvalue weighted by atomic mass is 35.5. The molecule has 130 valence electrons. The van der Waals surface area contributed by atoms with Crippen LogP contribution in [0, 0.1) is 5.41 Å². The summed E-state index contributed by atoms with van der Waals surface area (Å²) in [4.78, 5) is 12.4. The van der Waals surface area contributed by atoms with Crippen molar-refractivity contribution in [2.24, 2.45) is 11.1 Å². The molecule has 4 N–H and O–H groups in total. The fourth-order valence-electron chi connectivity index (χ4n) is 2.63. The molecule has 1 aromatic rings. The summed E-state index contributed by atoms with van der Waals surface area (Å²) in [6.07, 6.45) is 0.448. The minimum atomic E-state index is -0.784. The van der Waals surface area contributed by atoms with Gasteiger partial charge in [0.05, 0.1) is 18.6 Å². The van der Waals surface area contributed by atoms with E-state index in [1.165, 1.54) is 0 Å². The lowest BCUT2D eigenvalue weighted by Gasteiger charge is -2.34. The number of carbonyl (C=O) groups is 1. The molecule has 1 saturated heterocycles. The van der Waals surface area contributed by atoms with Crippen molar-refractivity contribution >= 4 is 18.3 Å². The molecule has 1 heterocycles. The van der Waals surface area contributed by atoms with Crippen molar-refractivity contribution < 1.29 is 19.4 Å². The molecule has 0 radical (unpaired) electrons. The minimum Gasteiger partial charge on any atom is -0.497 e. The van der Waals surface area contributed by atoms with E-state index in [1.54, 1.807) is 31.4 Å². The summed E-state index contributed by atoms with van der Waals surface area (Å²) >= 11 is 0. The summed E-state index contributed by atoms with van der Waals surface area (Å²) in [5.74, 6) is 0.561. The summed E-state index contributed by atoms with van der Waals surface area (Å²) in [5, 5.41) is 13.0. The second kappa shape index (κ2) is 9.08. The highest BCUT2D eigenvalue weighted by Gasteiger charge is 2.38. The molecule has 1 amide bonds. The number of rotatable bonds is 6. The maximum absolute atomic E-state index is 12.4. The Balaban J connectivity index is 0.00000264. The number of benzene rings is 1. The van der Waals surface area contributed by atoms with Crippen molar-refractivity contribution in [1.82, 2.24) is 5.32 Å². The SMILES string of the molecule is COc1cccc(C(O)CNC(=O)C2(CN)CCOCC2)c1.Cl. The van der Waals surface area contributed by atoms with E-state index in [-0.39, 0.29) is 31.4 Å². The summed E-state index contributed by atoms with van der Waals surface area (Å²) < 4.78 is 10.4. The minimum absolute atomic E-state index is 0. The number of aliphatic hydroxyl groups is 1. The van der Waals surface area contributed by atoms with Gasteiger partial charge in [0.2, 0.25) is 5.91 Å². The predicted molar refractivity (Wildman–Crippen MR) is 89.8 cm³/mol. The van der Waals surface area contributed by atoms with Crippen LogP contribution in [-0.4, -0.2) is 44.4 Å². The summed E-state index contributed by atoms with van der Waals surface area (Å²) in [6.45, 7) is 1.53. The number of ether oxygens (including phenoxy) is 2. The third-order valence-electron chi connectivity index (χ3n) is 4.26. The largest absolute Gasteiger partial charge is 0.497 e. The molecule has 23 heavy (non-hydrogen) atoms. The first kappa shape index (κ1) is 19.7. The summed E-state index contributed by atoms with van der Waals surface area (Å²) in [6, 6.07) is 7.16. The van der Waals surface area contributed by atoms with E-state index >= 15 is 0 Å². The van der Waals surface area contributed by atoms with Crippen molar-refractivity contribution in [2.75, 3.05) is 33.4 Å². The molecular formula is C16H25ClN2O4. The Kier molecular flexibility index (Phi) is 7.78. The van der Waals surface area contributed by atoms with Crippen LogP contribution in [0.25, 0.3) is 0 Å². The van der Waals surface area contributed by atoms with Crippen LogP contribution in [0.1, 0.15) is 24.5 Å². The first-order chi connectivity index (χ1) is 10.6. The number of nitrogens with one attached hydrogen (secondary N) is 1. The third-order valence-corrected chi connectivity index (χ3v) is 4.26. The molecule has 0 saturated carbocycles. The zero-order valence-electron chi connectivity index (χ0n) is 13.3. The predicted octanol–water partition coefficient (Wildman–Crippen LogP) is 1.02. The normalized spacial score (nSPS) is 17.7. The molecule has 1 atom stereocenters. The van der Waals surface area contributed by atoms with Gasteiger partial charge in [0.25, 0.3) is 0 Å². The van der Waals surface area contributed by atoms with Crippen LogP contribution >= 0.6 is 12.4 Å². The second-order valence-corrected chi connectivity index (χ2v) is 5.60. The van der Waals surface area contributed by atoms with Crippen LogP contribution in [0.5, 0.6) is 5.75 Å². The quantitative estimate of drug-likeness (QED) is 0.716. The molecule has 1 aromatic carbocycles. The zero-order valence-corrected chi connectivity index (χ0v) is 14.1. The van der Waals surface area contributed by atoms with Crippen molar-refractivity contribution in [3.05, 3.63) is 29.8 Å². The number of amides is 1. The molecule has 2 rings (SSSR count). The number of halogens is 1. The average Bonchev–Trinajstić information content (AvgIpc) is 2.59. The van der Waals surface area contributed by atoms with E-state index in [9.17, 15) is 9.90 Å². The average molecular weight is 345 g/mol. The van der Waals surface area contributed by atoms with Crippen LogP contribution in [0.4, 0.5) is 0 Å². The van der Waals surface area contributed by atoms with Crippen molar-refractivity contribution in [1.29, 1.82) is 0 Å². The molecule has 0 aliphatic carbocycles. The van der Waals surface area contributed by atoms with Gasteiger partial charge in [-0.05, 0) is 30.5 Å². The maximum Gasteiger partial charge on any atom is 0.227 e. The van der Waals surface area contributed by atoms with Gasteiger partial charge in [0.1, 0.15) is 5.75 Å². The molecule has 1 aliphatic rings. The number of carbonyl (C=O) groups excluding carboxylic acids is 1. The summed E-state index contributed by atoms with van der Waals surface area (Å²) in [7, 11) is 1.57. The Hall–Kier alpha value is -1.34. The fourth-order valence-corrected chi connectivity index (χ4v) is 2.63. The van der Waals surface area contributed by atoms with E-state index in [2.05, 4.69) is 5.32 Å². The topological polar surface area (TPSA) is 93.8 Å². The molecule has 1 aliphatic heterocycles. The molecular weight excluding hydrogens is 320 g/mol. The van der Waals surface area contributed by atoms with Gasteiger partial charge >= 0.3 is 0 Å². The van der Waals surface area contributed by atoms with Crippen LogP contribution < -0.4 is 15.8 Å². The van der Waals surface area contributed by atoms with Crippen LogP contribution in [0.15, 0.2) is 24.3 Å². The molecule has 7 heteroatoms. The van der Waals surface area contributed by atoms with E-state index in [0.29, 0.717) is 37.4 Å². The fraction of sp³-hybridized carbons (Fsp3) is 0.562. The van der Waals surface area contributed by atoms with E-state index in [0.717, 1.165) is 0 Å². The lowest BCUT2D eigenvalue weighted by molar-refractivity contribution is -0.136. The van der Waals surface area contributed by atoms with Crippen LogP contribution in [0.2, 0.25) is 0 Å². The van der Waals surface area contributed by atoms with Gasteiger partial charge in [-0.2, -0.15) is 0 Å². The molecule has 0 spiro atoms. The number of methoxy groups -OCH3 is 1. The van der Waals surface area contributed by atoms with Crippen LogP contribution in [0.3, 0.4) is 0 Å². The Labute approximate surface area is 142 Å². The Morgan fingerprint density at radius 3 is 2.78 bits per heavy atom. The van der Waals surface area contributed by atoms with Gasteiger partial charge in [0, 0.05) is 26.3 Å². The van der Waals surface area contributed by atoms with Crippen molar-refractivity contribution in [3.8, 4) is 5.75 Å². The Morgan fingerprint density at radius 1 is 1.48 bits per heavy atom. The Morgan fingerprint density at radius 2 is 2.17 bits per heavy atom. The van der Waals surface area contributed by atoms with Gasteiger partial charge < -0.3 is 25.6 Å². The Bertz CT molecular complexity index is 507. The van der Waals surface area contributed by atoms with Gasteiger partial charge in [-0.3, -0.25) is 4.79 Å². The molecule has 1 unspecified atom stereocenters. The van der Waals surface area contributed by atoms with Gasteiger partial charge in [-0.1, -0.05) is 12.1 Å². The molecule has 0 aromatic heterocycles. The van der Waals surface area contributed by atoms with E-state index in [1.807, 2.05) is 0 Å². The number of aliphatic hydroxyl groups excluding tert-OH is 1. The second-order valence-electron chi connectivity index (χ2n) is 5.60. The van der Waals surface area contributed by atoms with Crippen molar-refractivity contribution in [3.63, 3.8) is 0 Å². The van der Waals surface area contributed by atoms with Crippen molar-refractivity contribution in [2.45, 2.75) is 18.9 Å². The van der Waals surface area contributed by atoms with E-state index in [4.69, 9.17) is 15.2 Å². The molecule has 6 nitrogen and oxygen atoms in total. The number of hydrogen-bond acceptors (Lipinski definition) is 5. The third kappa shape index (κ3) is 4.81. The van der Waals surface area contributed by atoms with E-state index < -0.39 is 11.5 Å². The first-order valence-electron chi connectivity index (χ1n) is 7.49. The number of hydrogen-bond donors (Lipinski definition) is 3. The zero-order chi connectivity index (χ0) is 16.0. The molecule has 0 bridgehead atoms. The summed E-state index contributed by atoms with van der Waals surface area (Å²) in [5.41, 5.74) is 5.92. The number of nitrogens with two attached hydrogens (primary N) is 1. The lowest BCUT2D eigenvalue weighted by Crippen LogP contribution is -2.49. The smallest absolute Gasteiger partial charge is 0.227 e. The molecule has 1 fully saturated rings. The van der Waals surface area contributed by atoms with Gasteiger partial charge in [0.15, 0.2) is 0 Å². The van der Waals surface area contributed by atoms with Crippen LogP contribution in [-0.2, 0) is 9.53 Å². The highest BCUT2D eigenvalue weighted by Crippen LogP contribution is 2.29. The first-order valence-corrected chi connectivity index (χ1v) is 7.49. The standard InChI is InChI=1S/C16H24N2O4.ClH/c1-21-13-4-2-3-12(9-13)14(19)10-18-15(20)16(11-17)5-7-22-8-6-16;/h2-4,9,14,19H,5-8,10-11,17H2,1H3,(H,18,20);1H. The van der Waals surface area contributed by atoms with Gasteiger partial charge in [-0.25, -0.2) is 0 Å². The lowest BCUT2D eigenvalue weighted by atomic mass is 9.79.